The van der Waals surface area contributed by atoms with Crippen molar-refractivity contribution in [2.24, 2.45) is 22.7 Å². The summed E-state index contributed by atoms with van der Waals surface area (Å²) in [4.78, 5) is 43.3. The van der Waals surface area contributed by atoms with E-state index in [1.165, 1.54) is 4.90 Å². The maximum absolute atomic E-state index is 14.6. The van der Waals surface area contributed by atoms with E-state index in [4.69, 9.17) is 5.10 Å². The molecule has 0 N–H and O–H groups in total. The van der Waals surface area contributed by atoms with Gasteiger partial charge < -0.3 is 0 Å². The lowest BCUT2D eigenvalue weighted by atomic mass is 9.61. The number of piperidine rings is 1. The van der Waals surface area contributed by atoms with Gasteiger partial charge in [-0.1, -0.05) is 80.6 Å². The monoisotopic (exact) mass is 487 g/mol. The van der Waals surface area contributed by atoms with Gasteiger partial charge in [-0.2, -0.15) is 5.10 Å². The zero-order chi connectivity index (χ0) is 25.5. The number of hydrogen-bond acceptors (Lipinski definition) is 4. The molecule has 0 radical (unpaired) electrons. The first-order valence-electron chi connectivity index (χ1n) is 12.6. The van der Waals surface area contributed by atoms with Gasteiger partial charge in [-0.05, 0) is 36.1 Å². The second kappa shape index (κ2) is 7.35. The number of rotatable bonds is 3. The standard InChI is InChI=1S/C31H25N3O3/c1-30(2)18-22-23(26(19-12-6-3-7-13-19)34(32-22)21-16-10-5-11-17-21)27(35)31(30)24-25(31)29(37)33(28(24)36)20-14-8-4-9-15-20/h3-17,24-25H,18H2,1-2H3. The van der Waals surface area contributed by atoms with Gasteiger partial charge in [0.1, 0.15) is 0 Å². The van der Waals surface area contributed by atoms with E-state index < -0.39 is 22.7 Å². The normalized spacial score (nSPS) is 25.4. The first-order valence-corrected chi connectivity index (χ1v) is 12.6. The Hall–Kier alpha value is -4.32. The molecule has 7 rings (SSSR count). The fourth-order valence-corrected chi connectivity index (χ4v) is 6.93. The molecule has 2 aliphatic carbocycles. The lowest BCUT2D eigenvalue weighted by molar-refractivity contribution is -0.126. The molecule has 1 saturated carbocycles. The molecule has 2 heterocycles. The molecule has 6 heteroatoms. The predicted octanol–water partition coefficient (Wildman–Crippen LogP) is 5.11. The number of para-hydroxylation sites is 2. The Bertz CT molecular complexity index is 1570. The summed E-state index contributed by atoms with van der Waals surface area (Å²) in [7, 11) is 0. The van der Waals surface area contributed by atoms with Crippen LogP contribution >= 0.6 is 0 Å². The molecular weight excluding hydrogens is 462 g/mol. The third-order valence-electron chi connectivity index (χ3n) is 8.53. The van der Waals surface area contributed by atoms with Gasteiger partial charge in [0.05, 0.1) is 45.6 Å². The highest BCUT2D eigenvalue weighted by Gasteiger charge is 2.85. The van der Waals surface area contributed by atoms with Crippen molar-refractivity contribution in [3.05, 3.63) is 102 Å². The van der Waals surface area contributed by atoms with Crippen molar-refractivity contribution in [2.75, 3.05) is 4.90 Å². The largest absolute Gasteiger partial charge is 0.293 e. The van der Waals surface area contributed by atoms with E-state index in [1.807, 2.05) is 97.4 Å². The van der Waals surface area contributed by atoms with Gasteiger partial charge in [-0.25, -0.2) is 9.58 Å². The van der Waals surface area contributed by atoms with Crippen LogP contribution in [0.25, 0.3) is 16.9 Å². The Morgan fingerprint density at radius 3 is 1.81 bits per heavy atom. The lowest BCUT2D eigenvalue weighted by Crippen LogP contribution is -2.49. The fourth-order valence-electron chi connectivity index (χ4n) is 6.93. The summed E-state index contributed by atoms with van der Waals surface area (Å²) in [5, 5.41) is 4.95. The smallest absolute Gasteiger partial charge is 0.238 e. The number of amides is 2. The summed E-state index contributed by atoms with van der Waals surface area (Å²) in [5.74, 6) is -1.99. The van der Waals surface area contributed by atoms with Crippen LogP contribution in [0.1, 0.15) is 29.9 Å². The number of ketones is 1. The molecule has 1 spiro atoms. The number of fused-ring (bicyclic) bond motifs is 4. The Morgan fingerprint density at radius 2 is 1.24 bits per heavy atom. The molecule has 3 aromatic carbocycles. The van der Waals surface area contributed by atoms with E-state index in [9.17, 15) is 14.4 Å². The molecule has 182 valence electrons. The number of carbonyl (C=O) groups is 3. The number of Topliss-reactive ketones (excluding diaryl/α,β-unsaturated/α-hetero) is 1. The van der Waals surface area contributed by atoms with Crippen LogP contribution in [0.3, 0.4) is 0 Å². The maximum atomic E-state index is 14.6. The molecule has 1 saturated heterocycles. The van der Waals surface area contributed by atoms with Gasteiger partial charge in [-0.3, -0.25) is 14.4 Å². The van der Waals surface area contributed by atoms with Gasteiger partial charge in [0.15, 0.2) is 5.78 Å². The minimum atomic E-state index is -1.06. The molecular formula is C31H25N3O3. The van der Waals surface area contributed by atoms with Crippen molar-refractivity contribution in [2.45, 2.75) is 20.3 Å². The Kier molecular flexibility index (Phi) is 4.36. The van der Waals surface area contributed by atoms with Crippen molar-refractivity contribution >= 4 is 23.3 Å². The predicted molar refractivity (Wildman–Crippen MR) is 139 cm³/mol. The van der Waals surface area contributed by atoms with Crippen molar-refractivity contribution in [3.63, 3.8) is 0 Å². The lowest BCUT2D eigenvalue weighted by Gasteiger charge is -2.40. The van der Waals surface area contributed by atoms with Gasteiger partial charge in [-0.15, -0.1) is 0 Å². The molecule has 2 atom stereocenters. The van der Waals surface area contributed by atoms with Crippen molar-refractivity contribution in [1.82, 2.24) is 9.78 Å². The summed E-state index contributed by atoms with van der Waals surface area (Å²) >= 11 is 0. The van der Waals surface area contributed by atoms with Gasteiger partial charge in [0.2, 0.25) is 11.8 Å². The first-order chi connectivity index (χ1) is 17.9. The minimum Gasteiger partial charge on any atom is -0.293 e. The summed E-state index contributed by atoms with van der Waals surface area (Å²) in [6, 6.07) is 28.5. The van der Waals surface area contributed by atoms with Crippen molar-refractivity contribution < 1.29 is 14.4 Å². The van der Waals surface area contributed by atoms with E-state index in [0.29, 0.717) is 29.1 Å². The minimum absolute atomic E-state index is 0.135. The Labute approximate surface area is 214 Å². The molecule has 1 aromatic heterocycles. The molecule has 6 nitrogen and oxygen atoms in total. The van der Waals surface area contributed by atoms with Gasteiger partial charge in [0.25, 0.3) is 0 Å². The molecule has 37 heavy (non-hydrogen) atoms. The number of carbonyl (C=O) groups excluding carboxylic acids is 3. The van der Waals surface area contributed by atoms with Crippen LogP contribution in [0.2, 0.25) is 0 Å². The maximum Gasteiger partial charge on any atom is 0.238 e. The molecule has 2 amide bonds. The molecule has 3 aliphatic rings. The van der Waals surface area contributed by atoms with Crippen molar-refractivity contribution in [3.8, 4) is 16.9 Å². The van der Waals surface area contributed by atoms with Crippen LogP contribution in [0.4, 0.5) is 5.69 Å². The number of imide groups is 1. The third-order valence-corrected chi connectivity index (χ3v) is 8.53. The number of nitrogens with zero attached hydrogens (tertiary/aromatic N) is 3. The van der Waals surface area contributed by atoms with E-state index in [1.54, 1.807) is 12.1 Å². The highest BCUT2D eigenvalue weighted by Crippen LogP contribution is 2.75. The highest BCUT2D eigenvalue weighted by atomic mass is 16.2. The van der Waals surface area contributed by atoms with Crippen LogP contribution in [0.15, 0.2) is 91.0 Å². The van der Waals surface area contributed by atoms with Gasteiger partial charge in [0, 0.05) is 5.56 Å². The van der Waals surface area contributed by atoms with Crippen LogP contribution in [0.5, 0.6) is 0 Å². The second-order valence-corrected chi connectivity index (χ2v) is 10.8. The number of aromatic nitrogens is 2. The second-order valence-electron chi connectivity index (χ2n) is 10.8. The average molecular weight is 488 g/mol. The van der Waals surface area contributed by atoms with E-state index in [0.717, 1.165) is 11.3 Å². The summed E-state index contributed by atoms with van der Waals surface area (Å²) in [5.41, 5.74) is 2.59. The number of hydrogen-bond donors (Lipinski definition) is 0. The summed E-state index contributed by atoms with van der Waals surface area (Å²) in [6.45, 7) is 4.01. The SMILES string of the molecule is CC1(C)Cc2nn(-c3ccccc3)c(-c3ccccc3)c2C(=O)C12C1C(=O)N(c3ccccc3)C(=O)C12. The third kappa shape index (κ3) is 2.70. The van der Waals surface area contributed by atoms with Crippen LogP contribution in [-0.2, 0) is 16.0 Å². The molecule has 2 fully saturated rings. The van der Waals surface area contributed by atoms with Crippen LogP contribution in [0, 0.1) is 22.7 Å². The van der Waals surface area contributed by atoms with E-state index >= 15 is 0 Å². The Morgan fingerprint density at radius 1 is 0.730 bits per heavy atom. The zero-order valence-corrected chi connectivity index (χ0v) is 20.6. The summed E-state index contributed by atoms with van der Waals surface area (Å²) < 4.78 is 1.84. The van der Waals surface area contributed by atoms with Gasteiger partial charge >= 0.3 is 0 Å². The molecule has 2 unspecified atom stereocenters. The molecule has 1 aliphatic heterocycles. The Balaban J connectivity index is 1.40. The average Bonchev–Trinajstić information content (AvgIpc) is 3.40. The number of benzene rings is 3. The molecule has 0 bridgehead atoms. The van der Waals surface area contributed by atoms with Crippen molar-refractivity contribution in [1.29, 1.82) is 0 Å². The zero-order valence-electron chi connectivity index (χ0n) is 20.6. The van der Waals surface area contributed by atoms with Crippen LogP contribution < -0.4 is 4.90 Å². The molecule has 4 aromatic rings. The van der Waals surface area contributed by atoms with Crippen LogP contribution in [-0.4, -0.2) is 27.4 Å². The topological polar surface area (TPSA) is 72.3 Å². The van der Waals surface area contributed by atoms with E-state index in [-0.39, 0.29) is 17.6 Å². The first kappa shape index (κ1) is 21.9. The summed E-state index contributed by atoms with van der Waals surface area (Å²) in [6.07, 6.45) is 0.507. The quantitative estimate of drug-likeness (QED) is 0.377. The van der Waals surface area contributed by atoms with E-state index in [2.05, 4.69) is 0 Å². The highest BCUT2D eigenvalue weighted by molar-refractivity contribution is 6.31. The fraction of sp³-hybridized carbons (Fsp3) is 0.226. The number of anilines is 1.